The highest BCUT2D eigenvalue weighted by molar-refractivity contribution is 7.90. The van der Waals surface area contributed by atoms with Crippen molar-refractivity contribution >= 4 is 11.2 Å². The van der Waals surface area contributed by atoms with E-state index in [9.17, 15) is 4.55 Å². The zero-order chi connectivity index (χ0) is 20.3. The lowest BCUT2D eigenvalue weighted by molar-refractivity contribution is 0.0867. The summed E-state index contributed by atoms with van der Waals surface area (Å²) < 4.78 is 18.2. The first kappa shape index (κ1) is 20.7. The van der Waals surface area contributed by atoms with Crippen molar-refractivity contribution in [2.45, 2.75) is 48.6 Å². The maximum absolute atomic E-state index is 12.6. The van der Waals surface area contributed by atoms with Crippen molar-refractivity contribution in [1.29, 1.82) is 0 Å². The van der Waals surface area contributed by atoms with E-state index in [1.54, 1.807) is 13.4 Å². The number of hydrogen-bond donors (Lipinski definition) is 0. The van der Waals surface area contributed by atoms with E-state index >= 15 is 0 Å². The summed E-state index contributed by atoms with van der Waals surface area (Å²) in [6.45, 7) is 3.08. The smallest absolute Gasteiger partial charge is 0.156 e. The Bertz CT molecular complexity index is 822. The summed E-state index contributed by atoms with van der Waals surface area (Å²) in [7, 11) is 1.72. The van der Waals surface area contributed by atoms with Crippen molar-refractivity contribution in [3.63, 3.8) is 0 Å². The molecule has 0 aliphatic carbocycles. The van der Waals surface area contributed by atoms with Crippen molar-refractivity contribution in [2.24, 2.45) is 0 Å². The van der Waals surface area contributed by atoms with Crippen LogP contribution in [0.15, 0.2) is 53.4 Å². The van der Waals surface area contributed by atoms with E-state index < -0.39 is 11.2 Å². The Kier molecular flexibility index (Phi) is 6.50. The monoisotopic (exact) mass is 411 g/mol. The first-order valence-electron chi connectivity index (χ1n) is 10.6. The molecule has 5 heteroatoms. The fraction of sp³-hybridized carbons (Fsp3) is 0.500. The molecule has 2 aliphatic rings. The van der Waals surface area contributed by atoms with Crippen LogP contribution in [0.1, 0.15) is 43.2 Å². The van der Waals surface area contributed by atoms with Crippen molar-refractivity contribution in [3.05, 3.63) is 59.7 Å². The molecule has 0 saturated carbocycles. The summed E-state index contributed by atoms with van der Waals surface area (Å²) in [6, 6.07) is 16.7. The van der Waals surface area contributed by atoms with Crippen LogP contribution in [0.25, 0.3) is 0 Å². The SMILES string of the molecule is COc1cccc(C2(c3ccccc3[S+](C)[O-])CC[N]C(N3CCCCC3)C2)c1. The first-order valence-corrected chi connectivity index (χ1v) is 12.2. The number of nitrogens with zero attached hydrogens (tertiary/aromatic N) is 2. The minimum atomic E-state index is -1.04. The Morgan fingerprint density at radius 1 is 1.10 bits per heavy atom. The Labute approximate surface area is 177 Å². The number of piperidine rings is 2. The van der Waals surface area contributed by atoms with E-state index in [0.29, 0.717) is 0 Å². The van der Waals surface area contributed by atoms with E-state index in [1.807, 2.05) is 18.2 Å². The van der Waals surface area contributed by atoms with Gasteiger partial charge in [-0.2, -0.15) is 0 Å². The molecule has 2 aromatic rings. The van der Waals surface area contributed by atoms with Gasteiger partial charge in [-0.15, -0.1) is 0 Å². The molecule has 0 N–H and O–H groups in total. The topological polar surface area (TPSA) is 49.6 Å². The summed E-state index contributed by atoms with van der Waals surface area (Å²) in [6.07, 6.45) is 7.69. The summed E-state index contributed by atoms with van der Waals surface area (Å²) in [5.74, 6) is 0.869. The standard InChI is InChI=1S/C24H31N2O2S/c1-28-20-10-8-9-19(17-20)24(21-11-4-5-12-22(21)29(2)27)13-14-25-23(18-24)26-15-6-3-7-16-26/h4-5,8-12,17,23H,3,6-7,13-16,18H2,1-2H3. The number of rotatable bonds is 5. The minimum Gasteiger partial charge on any atom is -0.612 e. The lowest BCUT2D eigenvalue weighted by atomic mass is 9.67. The first-order chi connectivity index (χ1) is 14.1. The highest BCUT2D eigenvalue weighted by atomic mass is 32.2. The molecule has 0 bridgehead atoms. The van der Waals surface area contributed by atoms with Gasteiger partial charge in [-0.3, -0.25) is 4.90 Å². The van der Waals surface area contributed by atoms with Gasteiger partial charge in [0, 0.05) is 17.5 Å². The van der Waals surface area contributed by atoms with E-state index in [4.69, 9.17) is 10.1 Å². The molecule has 155 valence electrons. The van der Waals surface area contributed by atoms with E-state index in [-0.39, 0.29) is 11.6 Å². The molecule has 2 saturated heterocycles. The van der Waals surface area contributed by atoms with Crippen LogP contribution in [0, 0.1) is 0 Å². The highest BCUT2D eigenvalue weighted by Crippen LogP contribution is 2.46. The average Bonchev–Trinajstić information content (AvgIpc) is 2.79. The second-order valence-electron chi connectivity index (χ2n) is 8.20. The van der Waals surface area contributed by atoms with Crippen LogP contribution in [0.4, 0.5) is 0 Å². The summed E-state index contributed by atoms with van der Waals surface area (Å²) in [5, 5.41) is 5.04. The Hall–Kier alpha value is -1.53. The normalized spacial score (nSPS) is 26.8. The van der Waals surface area contributed by atoms with Gasteiger partial charge in [0.2, 0.25) is 0 Å². The maximum Gasteiger partial charge on any atom is 0.156 e. The number of ether oxygens (including phenoxy) is 1. The molecule has 2 aromatic carbocycles. The molecule has 2 heterocycles. The lowest BCUT2D eigenvalue weighted by Gasteiger charge is -2.46. The molecule has 4 nitrogen and oxygen atoms in total. The molecular weight excluding hydrogens is 380 g/mol. The minimum absolute atomic E-state index is 0.208. The molecule has 2 fully saturated rings. The second-order valence-corrected chi connectivity index (χ2v) is 9.55. The van der Waals surface area contributed by atoms with Gasteiger partial charge in [-0.05, 0) is 73.7 Å². The lowest BCUT2D eigenvalue weighted by Crippen LogP contribution is -2.53. The molecule has 4 rings (SSSR count). The van der Waals surface area contributed by atoms with Gasteiger partial charge in [0.05, 0.1) is 13.3 Å². The molecule has 0 spiro atoms. The van der Waals surface area contributed by atoms with E-state index in [2.05, 4.69) is 35.2 Å². The summed E-state index contributed by atoms with van der Waals surface area (Å²) in [5.41, 5.74) is 2.22. The van der Waals surface area contributed by atoms with Crippen molar-refractivity contribution in [2.75, 3.05) is 33.0 Å². The molecule has 3 unspecified atom stereocenters. The van der Waals surface area contributed by atoms with Gasteiger partial charge in [0.25, 0.3) is 0 Å². The van der Waals surface area contributed by atoms with Gasteiger partial charge in [0.1, 0.15) is 12.0 Å². The quantitative estimate of drug-likeness (QED) is 0.701. The van der Waals surface area contributed by atoms with Crippen molar-refractivity contribution in [3.8, 4) is 5.75 Å². The van der Waals surface area contributed by atoms with Crippen LogP contribution in [-0.4, -0.2) is 48.6 Å². The Morgan fingerprint density at radius 2 is 1.90 bits per heavy atom. The number of benzene rings is 2. The number of likely N-dealkylation sites (tertiary alicyclic amines) is 1. The third kappa shape index (κ3) is 4.19. The molecule has 2 aliphatic heterocycles. The third-order valence-electron chi connectivity index (χ3n) is 6.56. The molecule has 3 atom stereocenters. The molecule has 0 amide bonds. The van der Waals surface area contributed by atoms with Crippen LogP contribution in [0.5, 0.6) is 5.75 Å². The summed E-state index contributed by atoms with van der Waals surface area (Å²) in [4.78, 5) is 3.50. The second kappa shape index (κ2) is 9.09. The van der Waals surface area contributed by atoms with Crippen LogP contribution >= 0.6 is 0 Å². The van der Waals surface area contributed by atoms with Crippen LogP contribution in [-0.2, 0) is 16.6 Å². The Morgan fingerprint density at radius 3 is 2.66 bits per heavy atom. The predicted octanol–water partition coefficient (Wildman–Crippen LogP) is 3.93. The molecule has 1 radical (unpaired) electrons. The van der Waals surface area contributed by atoms with Gasteiger partial charge < -0.3 is 9.29 Å². The molecule has 0 aromatic heterocycles. The highest BCUT2D eigenvalue weighted by Gasteiger charge is 2.44. The van der Waals surface area contributed by atoms with Crippen molar-refractivity contribution < 1.29 is 9.29 Å². The maximum atomic E-state index is 12.6. The van der Waals surface area contributed by atoms with Gasteiger partial charge >= 0.3 is 0 Å². The zero-order valence-electron chi connectivity index (χ0n) is 17.5. The van der Waals surface area contributed by atoms with Gasteiger partial charge in [-0.25, -0.2) is 5.32 Å². The predicted molar refractivity (Wildman–Crippen MR) is 118 cm³/mol. The fourth-order valence-corrected chi connectivity index (χ4v) is 5.88. The van der Waals surface area contributed by atoms with E-state index in [0.717, 1.165) is 43.1 Å². The number of methoxy groups -OCH3 is 1. The average molecular weight is 412 g/mol. The van der Waals surface area contributed by atoms with Crippen LogP contribution < -0.4 is 10.1 Å². The largest absolute Gasteiger partial charge is 0.612 e. The van der Waals surface area contributed by atoms with Crippen molar-refractivity contribution in [1.82, 2.24) is 10.2 Å². The molecule has 29 heavy (non-hydrogen) atoms. The summed E-state index contributed by atoms with van der Waals surface area (Å²) >= 11 is -1.04. The number of hydrogen-bond acceptors (Lipinski definition) is 3. The zero-order valence-corrected chi connectivity index (χ0v) is 18.3. The fourth-order valence-electron chi connectivity index (χ4n) is 5.04. The van der Waals surface area contributed by atoms with Gasteiger partial charge in [-0.1, -0.05) is 36.8 Å². The van der Waals surface area contributed by atoms with Crippen LogP contribution in [0.3, 0.4) is 0 Å². The molecular formula is C24H31N2O2S. The van der Waals surface area contributed by atoms with Crippen LogP contribution in [0.2, 0.25) is 0 Å². The Balaban J connectivity index is 1.81. The van der Waals surface area contributed by atoms with E-state index in [1.165, 1.54) is 30.4 Å². The third-order valence-corrected chi connectivity index (χ3v) is 7.53. The van der Waals surface area contributed by atoms with Gasteiger partial charge in [0.15, 0.2) is 4.90 Å².